The van der Waals surface area contributed by atoms with Crippen molar-refractivity contribution in [1.29, 1.82) is 0 Å². The van der Waals surface area contributed by atoms with E-state index in [1.165, 1.54) is 91.0 Å². The molecule has 0 heterocycles. The van der Waals surface area contributed by atoms with E-state index in [-0.39, 0.29) is 50.4 Å². The maximum absolute atomic E-state index is 13.3. The second-order valence-electron chi connectivity index (χ2n) is 10.1. The molecule has 240 valence electrons. The molecule has 0 saturated carbocycles. The number of aromatic carboxylic acids is 3. The molecule has 4 rings (SSSR count). The van der Waals surface area contributed by atoms with Crippen molar-refractivity contribution in [3.05, 3.63) is 143 Å². The van der Waals surface area contributed by atoms with Crippen molar-refractivity contribution in [2.24, 2.45) is 0 Å². The van der Waals surface area contributed by atoms with Gasteiger partial charge in [-0.15, -0.1) is 0 Å². The van der Waals surface area contributed by atoms with Crippen LogP contribution in [0.2, 0.25) is 0 Å². The van der Waals surface area contributed by atoms with E-state index in [2.05, 4.69) is 35.7 Å². The molecule has 0 radical (unpaired) electrons. The highest BCUT2D eigenvalue weighted by Crippen LogP contribution is 2.27. The minimum Gasteiger partial charge on any atom is -0.478 e. The average Bonchev–Trinajstić information content (AvgIpc) is 3.06. The van der Waals surface area contributed by atoms with Gasteiger partial charge in [-0.25, -0.2) is 14.4 Å². The van der Waals surface area contributed by atoms with E-state index in [4.69, 9.17) is 0 Å². The van der Waals surface area contributed by atoms with Crippen molar-refractivity contribution < 1.29 is 44.1 Å². The second kappa shape index (κ2) is 14.3. The van der Waals surface area contributed by atoms with E-state index >= 15 is 0 Å². The summed E-state index contributed by atoms with van der Waals surface area (Å²) in [6.45, 7) is 10.8. The Bertz CT molecular complexity index is 1960. The molecule has 6 N–H and O–H groups in total. The van der Waals surface area contributed by atoms with Crippen molar-refractivity contribution in [3.8, 4) is 0 Å². The third-order valence-electron chi connectivity index (χ3n) is 6.97. The van der Waals surface area contributed by atoms with E-state index in [1.807, 2.05) is 0 Å². The summed E-state index contributed by atoms with van der Waals surface area (Å²) in [5.41, 5.74) is -0.197. The third-order valence-corrected chi connectivity index (χ3v) is 6.97. The Morgan fingerprint density at radius 3 is 1.02 bits per heavy atom. The second-order valence-corrected chi connectivity index (χ2v) is 10.1. The molecule has 4 aromatic carbocycles. The molecule has 0 unspecified atom stereocenters. The van der Waals surface area contributed by atoms with Crippen molar-refractivity contribution in [3.63, 3.8) is 0 Å². The van der Waals surface area contributed by atoms with Crippen LogP contribution in [0.3, 0.4) is 0 Å². The number of hydrogen-bond donors (Lipinski definition) is 6. The van der Waals surface area contributed by atoms with Gasteiger partial charge in [0.15, 0.2) is 0 Å². The van der Waals surface area contributed by atoms with Crippen LogP contribution < -0.4 is 16.0 Å². The van der Waals surface area contributed by atoms with Crippen LogP contribution in [0.15, 0.2) is 92.5 Å². The quantitative estimate of drug-likeness (QED) is 0.0999. The van der Waals surface area contributed by atoms with Crippen LogP contribution in [0.5, 0.6) is 0 Å². The number of rotatable bonds is 12. The van der Waals surface area contributed by atoms with Gasteiger partial charge < -0.3 is 31.3 Å². The number of carboxylic acids is 3. The van der Waals surface area contributed by atoms with Gasteiger partial charge in [0, 0.05) is 17.1 Å². The van der Waals surface area contributed by atoms with Gasteiger partial charge in [0.05, 0.1) is 33.4 Å². The summed E-state index contributed by atoms with van der Waals surface area (Å²) < 4.78 is 0. The number of benzene rings is 4. The first kappa shape index (κ1) is 33.8. The Hall–Kier alpha value is -7.08. The lowest BCUT2D eigenvalue weighted by molar-refractivity contribution is 0.0683. The van der Waals surface area contributed by atoms with Gasteiger partial charge in [0.2, 0.25) is 0 Å². The van der Waals surface area contributed by atoms with Crippen molar-refractivity contribution in [2.75, 3.05) is 16.0 Å². The summed E-state index contributed by atoms with van der Waals surface area (Å²) in [4.78, 5) is 75.6. The lowest BCUT2D eigenvalue weighted by atomic mass is 10.0. The monoisotopic (exact) mass is 645 g/mol. The molecule has 0 saturated heterocycles. The molecule has 0 spiro atoms. The molecule has 12 heteroatoms. The highest BCUT2D eigenvalue weighted by Gasteiger charge is 2.21. The number of hydrogen-bond acceptors (Lipinski definition) is 6. The largest absolute Gasteiger partial charge is 0.478 e. The summed E-state index contributed by atoms with van der Waals surface area (Å²) in [5, 5.41) is 36.7. The van der Waals surface area contributed by atoms with E-state index in [0.29, 0.717) is 16.7 Å². The van der Waals surface area contributed by atoms with E-state index in [0.717, 1.165) is 0 Å². The molecule has 12 nitrogen and oxygen atoms in total. The van der Waals surface area contributed by atoms with E-state index in [9.17, 15) is 44.1 Å². The molecule has 3 amide bonds. The first-order chi connectivity index (χ1) is 22.8. The van der Waals surface area contributed by atoms with Gasteiger partial charge in [0.1, 0.15) is 0 Å². The van der Waals surface area contributed by atoms with Crippen LogP contribution in [0.1, 0.15) is 78.8 Å². The fourth-order valence-corrected chi connectivity index (χ4v) is 4.63. The Kier molecular flexibility index (Phi) is 10.1. The fraction of sp³-hybridized carbons (Fsp3) is 0. The number of carbonyl (C=O) groups excluding carboxylic acids is 3. The van der Waals surface area contributed by atoms with Gasteiger partial charge in [0.25, 0.3) is 17.7 Å². The number of anilines is 3. The SMILES string of the molecule is C=Cc1ccc(C(=O)Nc2cc(NC(=O)c3ccc(C=C)cc3C(=O)O)cc(NC(=O)c3cc(C=C)ccc3C(=O)O)c2)c(C(=O)O)c1. The van der Waals surface area contributed by atoms with Gasteiger partial charge >= 0.3 is 17.9 Å². The smallest absolute Gasteiger partial charge is 0.336 e. The van der Waals surface area contributed by atoms with Gasteiger partial charge in [-0.05, 0) is 71.3 Å². The van der Waals surface area contributed by atoms with Gasteiger partial charge in [-0.3, -0.25) is 14.4 Å². The minimum absolute atomic E-state index is 0.0176. The summed E-state index contributed by atoms with van der Waals surface area (Å²) in [6, 6.07) is 16.0. The summed E-state index contributed by atoms with van der Waals surface area (Å²) in [7, 11) is 0. The summed E-state index contributed by atoms with van der Waals surface area (Å²) in [6.07, 6.45) is 4.25. The Morgan fingerprint density at radius 2 is 0.708 bits per heavy atom. The first-order valence-corrected chi connectivity index (χ1v) is 13.9. The average molecular weight is 646 g/mol. The molecule has 0 bridgehead atoms. The van der Waals surface area contributed by atoms with Crippen LogP contribution in [-0.4, -0.2) is 50.9 Å². The van der Waals surface area contributed by atoms with Crippen LogP contribution >= 0.6 is 0 Å². The molecule has 0 aromatic heterocycles. The first-order valence-electron chi connectivity index (χ1n) is 13.9. The zero-order valence-corrected chi connectivity index (χ0v) is 25.1. The molecule has 48 heavy (non-hydrogen) atoms. The van der Waals surface area contributed by atoms with Crippen molar-refractivity contribution >= 4 is 70.9 Å². The van der Waals surface area contributed by atoms with Crippen LogP contribution in [-0.2, 0) is 0 Å². The predicted molar refractivity (Wildman–Crippen MR) is 181 cm³/mol. The summed E-state index contributed by atoms with van der Waals surface area (Å²) in [5.74, 6) is -6.64. The standard InChI is InChI=1S/C36H27N3O9/c1-4-19-9-12-27(34(43)44)28(13-19)33(42)39-24-17-22(37-31(40)25-10-7-20(5-2)14-29(25)35(45)46)16-23(18-24)38-32(41)26-11-8-21(6-3)15-30(26)36(47)48/h4-18H,1-3H2,(H,37,40)(H,38,41)(H,39,42)(H,43,44)(H,45,46)(H,47,48). The lowest BCUT2D eigenvalue weighted by Gasteiger charge is -2.15. The number of nitrogens with one attached hydrogen (secondary N) is 3. The molecule has 0 aliphatic heterocycles. The molecule has 0 aliphatic carbocycles. The number of amides is 3. The lowest BCUT2D eigenvalue weighted by Crippen LogP contribution is -2.20. The zero-order valence-electron chi connectivity index (χ0n) is 25.1. The number of carbonyl (C=O) groups is 6. The fourth-order valence-electron chi connectivity index (χ4n) is 4.63. The topological polar surface area (TPSA) is 199 Å². The van der Waals surface area contributed by atoms with E-state index in [1.54, 1.807) is 0 Å². The number of carboxylic acid groups (broad SMARTS) is 3. The Labute approximate surface area is 273 Å². The maximum atomic E-state index is 13.3. The zero-order chi connectivity index (χ0) is 35.1. The molecule has 0 fully saturated rings. The highest BCUT2D eigenvalue weighted by atomic mass is 16.4. The highest BCUT2D eigenvalue weighted by molar-refractivity contribution is 6.14. The molecule has 4 aromatic rings. The van der Waals surface area contributed by atoms with Crippen LogP contribution in [0, 0.1) is 0 Å². The normalized spacial score (nSPS) is 10.2. The van der Waals surface area contributed by atoms with Gasteiger partial charge in [-0.1, -0.05) is 56.2 Å². The summed E-state index contributed by atoms with van der Waals surface area (Å²) >= 11 is 0. The molecule has 0 aliphatic rings. The van der Waals surface area contributed by atoms with Gasteiger partial charge in [-0.2, -0.15) is 0 Å². The molecular formula is C36H27N3O9. The predicted octanol–water partition coefficient (Wildman–Crippen LogP) is 6.47. The minimum atomic E-state index is -1.37. The van der Waals surface area contributed by atoms with Crippen molar-refractivity contribution in [1.82, 2.24) is 0 Å². The molecular weight excluding hydrogens is 618 g/mol. The maximum Gasteiger partial charge on any atom is 0.336 e. The van der Waals surface area contributed by atoms with Crippen molar-refractivity contribution in [2.45, 2.75) is 0 Å². The van der Waals surface area contributed by atoms with Crippen LogP contribution in [0.4, 0.5) is 17.1 Å². The Balaban J connectivity index is 1.77. The van der Waals surface area contributed by atoms with E-state index < -0.39 is 35.6 Å². The third kappa shape index (κ3) is 7.58. The molecule has 0 atom stereocenters. The van der Waals surface area contributed by atoms with Crippen LogP contribution in [0.25, 0.3) is 18.2 Å². The Morgan fingerprint density at radius 1 is 0.417 bits per heavy atom.